The predicted octanol–water partition coefficient (Wildman–Crippen LogP) is 3.78. The Morgan fingerprint density at radius 2 is 1.39 bits per heavy atom. The number of hydrogen-bond donors (Lipinski definition) is 0. The van der Waals surface area contributed by atoms with Gasteiger partial charge in [-0.25, -0.2) is 4.39 Å². The lowest BCUT2D eigenvalue weighted by molar-refractivity contribution is -0.451. The molecule has 2 unspecified atom stereocenters. The first-order chi connectivity index (χ1) is 10.1. The summed E-state index contributed by atoms with van der Waals surface area (Å²) in [5.74, 6) is -11.8. The highest BCUT2D eigenvalue weighted by molar-refractivity contribution is 4.86. The highest BCUT2D eigenvalue weighted by Gasteiger charge is 2.75. The minimum absolute atomic E-state index is 0.548. The van der Waals surface area contributed by atoms with Crippen LogP contribution in [-0.4, -0.2) is 56.9 Å². The van der Waals surface area contributed by atoms with Gasteiger partial charge in [0.25, 0.3) is 6.36 Å². The van der Waals surface area contributed by atoms with Crippen LogP contribution in [0.2, 0.25) is 0 Å². The molecule has 0 aromatic carbocycles. The van der Waals surface area contributed by atoms with E-state index in [9.17, 15) is 43.9 Å². The Bertz CT molecular complexity index is 370. The van der Waals surface area contributed by atoms with Crippen molar-refractivity contribution in [2.75, 3.05) is 20.3 Å². The molecule has 140 valence electrons. The smallest absolute Gasteiger partial charge is 0.379 e. The van der Waals surface area contributed by atoms with Gasteiger partial charge in [-0.1, -0.05) is 0 Å². The first kappa shape index (κ1) is 22.2. The summed E-state index contributed by atoms with van der Waals surface area (Å²) in [6.07, 6.45) is -18.6. The summed E-state index contributed by atoms with van der Waals surface area (Å²) in [7, 11) is 1.16. The van der Waals surface area contributed by atoms with Gasteiger partial charge in [-0.3, -0.25) is 4.74 Å². The van der Waals surface area contributed by atoms with Crippen LogP contribution in [0.15, 0.2) is 0 Å². The fourth-order valence-corrected chi connectivity index (χ4v) is 0.950. The number of hydrogen-bond acceptors (Lipinski definition) is 3. The van der Waals surface area contributed by atoms with E-state index in [0.29, 0.717) is 0 Å². The molecule has 0 saturated heterocycles. The molecule has 0 N–H and O–H groups in total. The van der Waals surface area contributed by atoms with Gasteiger partial charge in [0.05, 0.1) is 12.7 Å². The second kappa shape index (κ2) is 7.38. The van der Waals surface area contributed by atoms with E-state index in [0.717, 1.165) is 7.11 Å². The molecule has 0 rings (SSSR count). The zero-order chi connectivity index (χ0) is 18.7. The van der Waals surface area contributed by atoms with Crippen LogP contribution in [0, 0.1) is 0 Å². The fourth-order valence-electron chi connectivity index (χ4n) is 0.950. The first-order valence-corrected chi connectivity index (χ1v) is 5.71. The Morgan fingerprint density at radius 1 is 0.913 bits per heavy atom. The Morgan fingerprint density at radius 3 is 1.78 bits per heavy atom. The van der Waals surface area contributed by atoms with Crippen LogP contribution in [0.5, 0.6) is 0 Å². The molecular formula is C10H12F10O3. The normalized spacial score (nSPS) is 17.2. The monoisotopic (exact) mass is 370 g/mol. The summed E-state index contributed by atoms with van der Waals surface area (Å²) in [4.78, 5) is 0. The zero-order valence-corrected chi connectivity index (χ0v) is 11.6. The Labute approximate surface area is 123 Å². The summed E-state index contributed by atoms with van der Waals surface area (Å²) < 4.78 is 136. The molecule has 0 saturated carbocycles. The maximum atomic E-state index is 13.1. The third kappa shape index (κ3) is 5.64. The van der Waals surface area contributed by atoms with E-state index < -0.39 is 49.8 Å². The van der Waals surface area contributed by atoms with Gasteiger partial charge in [0.15, 0.2) is 0 Å². The van der Waals surface area contributed by atoms with Crippen molar-refractivity contribution in [2.24, 2.45) is 0 Å². The second-order valence-electron chi connectivity index (χ2n) is 4.35. The van der Waals surface area contributed by atoms with E-state index in [-0.39, 0.29) is 0 Å². The third-order valence-corrected chi connectivity index (χ3v) is 2.35. The van der Waals surface area contributed by atoms with Gasteiger partial charge in [-0.2, -0.15) is 39.5 Å². The van der Waals surface area contributed by atoms with Gasteiger partial charge in [-0.15, -0.1) is 0 Å². The van der Waals surface area contributed by atoms with Gasteiger partial charge in [0.1, 0.15) is 6.61 Å². The summed E-state index contributed by atoms with van der Waals surface area (Å²) in [5, 5.41) is 0. The Kier molecular flexibility index (Phi) is 7.12. The van der Waals surface area contributed by atoms with Crippen LogP contribution in [0.1, 0.15) is 6.92 Å². The maximum Gasteiger partial charge on any atom is 0.462 e. The lowest BCUT2D eigenvalue weighted by atomic mass is 10.3. The maximum absolute atomic E-state index is 13.1. The first-order valence-electron chi connectivity index (χ1n) is 5.71. The van der Waals surface area contributed by atoms with Gasteiger partial charge in [-0.05, 0) is 6.92 Å². The molecule has 0 heterocycles. The lowest BCUT2D eigenvalue weighted by Gasteiger charge is -2.30. The van der Waals surface area contributed by atoms with E-state index in [1.807, 2.05) is 0 Å². The Hall–Kier alpha value is -0.820. The quantitative estimate of drug-likeness (QED) is 0.579. The van der Waals surface area contributed by atoms with Crippen molar-refractivity contribution in [1.82, 2.24) is 0 Å². The summed E-state index contributed by atoms with van der Waals surface area (Å²) in [6, 6.07) is 0. The molecular weight excluding hydrogens is 358 g/mol. The van der Waals surface area contributed by atoms with Crippen molar-refractivity contribution in [3.05, 3.63) is 0 Å². The van der Waals surface area contributed by atoms with Crippen LogP contribution in [0.4, 0.5) is 43.9 Å². The van der Waals surface area contributed by atoms with Crippen LogP contribution < -0.4 is 0 Å². The number of rotatable bonds is 9. The highest BCUT2D eigenvalue weighted by atomic mass is 19.4. The molecule has 0 amide bonds. The number of ether oxygens (including phenoxy) is 3. The predicted molar refractivity (Wildman–Crippen MR) is 54.2 cm³/mol. The van der Waals surface area contributed by atoms with E-state index in [1.165, 1.54) is 6.92 Å². The SMILES string of the molecule is COC(C)COCC(F)(F)C(F)OC(F)(F)C(F)(F)C(F)(F)F. The largest absolute Gasteiger partial charge is 0.462 e. The van der Waals surface area contributed by atoms with Crippen molar-refractivity contribution < 1.29 is 58.1 Å². The van der Waals surface area contributed by atoms with Crippen molar-refractivity contribution in [1.29, 1.82) is 0 Å². The Balaban J connectivity index is 4.86. The minimum atomic E-state index is -6.87. The molecule has 3 nitrogen and oxygen atoms in total. The molecule has 0 aliphatic heterocycles. The van der Waals surface area contributed by atoms with Crippen LogP contribution in [-0.2, 0) is 14.2 Å². The van der Waals surface area contributed by atoms with E-state index in [2.05, 4.69) is 14.2 Å². The van der Waals surface area contributed by atoms with E-state index in [4.69, 9.17) is 0 Å². The van der Waals surface area contributed by atoms with Crippen molar-refractivity contribution in [3.8, 4) is 0 Å². The molecule has 0 aromatic heterocycles. The summed E-state index contributed by atoms with van der Waals surface area (Å²) in [5.41, 5.74) is 0. The summed E-state index contributed by atoms with van der Waals surface area (Å²) >= 11 is 0. The van der Waals surface area contributed by atoms with Crippen molar-refractivity contribution in [3.63, 3.8) is 0 Å². The molecule has 23 heavy (non-hydrogen) atoms. The molecule has 13 heteroatoms. The second-order valence-corrected chi connectivity index (χ2v) is 4.35. The molecule has 0 fully saturated rings. The third-order valence-electron chi connectivity index (χ3n) is 2.35. The van der Waals surface area contributed by atoms with Crippen LogP contribution >= 0.6 is 0 Å². The average molecular weight is 370 g/mol. The number of alkyl halides is 10. The highest BCUT2D eigenvalue weighted by Crippen LogP contribution is 2.48. The molecule has 2 atom stereocenters. The topological polar surface area (TPSA) is 27.7 Å². The molecule has 0 aliphatic carbocycles. The zero-order valence-electron chi connectivity index (χ0n) is 11.6. The standard InChI is InChI=1S/C10H12F10O3/c1-5(21-2)3-22-4-7(12,13)6(11)23-10(19,20)8(14,15)9(16,17)18/h5-6H,3-4H2,1-2H3. The summed E-state index contributed by atoms with van der Waals surface area (Å²) in [6.45, 7) is -1.12. The number of halogens is 10. The van der Waals surface area contributed by atoms with Crippen molar-refractivity contribution in [2.45, 2.75) is 43.5 Å². The number of methoxy groups -OCH3 is 1. The molecule has 0 aliphatic rings. The van der Waals surface area contributed by atoms with Crippen LogP contribution in [0.25, 0.3) is 0 Å². The average Bonchev–Trinajstić information content (AvgIpc) is 2.36. The molecule has 0 spiro atoms. The van der Waals surface area contributed by atoms with Crippen LogP contribution in [0.3, 0.4) is 0 Å². The van der Waals surface area contributed by atoms with Gasteiger partial charge >= 0.3 is 24.1 Å². The molecule has 0 bridgehead atoms. The lowest BCUT2D eigenvalue weighted by Crippen LogP contribution is -2.56. The minimum Gasteiger partial charge on any atom is -0.379 e. The van der Waals surface area contributed by atoms with E-state index >= 15 is 0 Å². The fraction of sp³-hybridized carbons (Fsp3) is 1.00. The van der Waals surface area contributed by atoms with Crippen molar-refractivity contribution >= 4 is 0 Å². The van der Waals surface area contributed by atoms with Gasteiger partial charge < -0.3 is 9.47 Å². The van der Waals surface area contributed by atoms with E-state index in [1.54, 1.807) is 0 Å². The molecule has 0 aromatic rings. The van der Waals surface area contributed by atoms with Gasteiger partial charge in [0.2, 0.25) is 0 Å². The molecule has 0 radical (unpaired) electrons. The van der Waals surface area contributed by atoms with Gasteiger partial charge in [0, 0.05) is 7.11 Å².